The van der Waals surface area contributed by atoms with E-state index in [0.29, 0.717) is 23.5 Å². The number of nitrogens with two attached hydrogens (primary N) is 1. The van der Waals surface area contributed by atoms with Crippen molar-refractivity contribution in [3.63, 3.8) is 0 Å². The van der Waals surface area contributed by atoms with Gasteiger partial charge in [-0.2, -0.15) is 0 Å². The maximum absolute atomic E-state index is 12.1. The van der Waals surface area contributed by atoms with Crippen molar-refractivity contribution in [1.82, 2.24) is 10.3 Å². The van der Waals surface area contributed by atoms with Gasteiger partial charge in [-0.3, -0.25) is 9.78 Å². The first-order valence-corrected chi connectivity index (χ1v) is 5.82. The number of anilines is 1. The Kier molecular flexibility index (Phi) is 3.97. The minimum Gasteiger partial charge on any atom is -0.496 e. The van der Waals surface area contributed by atoms with Crippen molar-refractivity contribution in [1.29, 1.82) is 0 Å². The molecule has 19 heavy (non-hydrogen) atoms. The molecule has 0 unspecified atom stereocenters. The van der Waals surface area contributed by atoms with Crippen molar-refractivity contribution in [2.75, 3.05) is 12.8 Å². The molecule has 0 spiro atoms. The fourth-order valence-corrected chi connectivity index (χ4v) is 1.73. The molecule has 2 aromatic rings. The first-order valence-electron chi connectivity index (χ1n) is 5.82. The van der Waals surface area contributed by atoms with E-state index < -0.39 is 0 Å². The molecule has 1 heterocycles. The Hall–Kier alpha value is -2.56. The first-order chi connectivity index (χ1) is 9.22. The van der Waals surface area contributed by atoms with E-state index in [-0.39, 0.29) is 5.91 Å². The van der Waals surface area contributed by atoms with Gasteiger partial charge in [-0.25, -0.2) is 0 Å². The molecule has 1 aromatic heterocycles. The van der Waals surface area contributed by atoms with Gasteiger partial charge in [0, 0.05) is 24.6 Å². The SMILES string of the molecule is COc1cccc(N)c1C(=O)NCc1cccnc1. The zero-order valence-corrected chi connectivity index (χ0v) is 10.6. The van der Waals surface area contributed by atoms with Gasteiger partial charge in [0.05, 0.1) is 7.11 Å². The van der Waals surface area contributed by atoms with Gasteiger partial charge in [0.25, 0.3) is 5.91 Å². The van der Waals surface area contributed by atoms with Crippen LogP contribution in [-0.2, 0) is 6.54 Å². The molecule has 0 saturated heterocycles. The van der Waals surface area contributed by atoms with Crippen LogP contribution in [0.15, 0.2) is 42.7 Å². The zero-order valence-electron chi connectivity index (χ0n) is 10.6. The number of pyridine rings is 1. The van der Waals surface area contributed by atoms with Gasteiger partial charge < -0.3 is 15.8 Å². The van der Waals surface area contributed by atoms with Crippen molar-refractivity contribution >= 4 is 11.6 Å². The van der Waals surface area contributed by atoms with Gasteiger partial charge in [0.2, 0.25) is 0 Å². The second kappa shape index (κ2) is 5.86. The molecule has 0 atom stereocenters. The lowest BCUT2D eigenvalue weighted by molar-refractivity contribution is 0.0949. The Morgan fingerprint density at radius 1 is 1.37 bits per heavy atom. The van der Waals surface area contributed by atoms with Crippen LogP contribution in [0.3, 0.4) is 0 Å². The van der Waals surface area contributed by atoms with Gasteiger partial charge in [0.15, 0.2) is 0 Å². The van der Waals surface area contributed by atoms with E-state index in [1.807, 2.05) is 12.1 Å². The molecule has 0 saturated carbocycles. The largest absolute Gasteiger partial charge is 0.496 e. The number of benzene rings is 1. The van der Waals surface area contributed by atoms with Crippen LogP contribution in [-0.4, -0.2) is 18.0 Å². The molecule has 0 fully saturated rings. The highest BCUT2D eigenvalue weighted by Gasteiger charge is 2.15. The van der Waals surface area contributed by atoms with E-state index in [9.17, 15) is 4.79 Å². The summed E-state index contributed by atoms with van der Waals surface area (Å²) < 4.78 is 5.15. The Labute approximate surface area is 111 Å². The summed E-state index contributed by atoms with van der Waals surface area (Å²) in [6.45, 7) is 0.393. The summed E-state index contributed by atoms with van der Waals surface area (Å²) in [5.74, 6) is 0.197. The Balaban J connectivity index is 2.12. The summed E-state index contributed by atoms with van der Waals surface area (Å²) in [6, 6.07) is 8.82. The van der Waals surface area contributed by atoms with Crippen LogP contribution in [0.5, 0.6) is 5.75 Å². The number of methoxy groups -OCH3 is 1. The lowest BCUT2D eigenvalue weighted by atomic mass is 10.1. The Bertz CT molecular complexity index is 570. The normalized spacial score (nSPS) is 9.95. The van der Waals surface area contributed by atoms with Gasteiger partial charge in [-0.05, 0) is 23.8 Å². The van der Waals surface area contributed by atoms with Crippen molar-refractivity contribution < 1.29 is 9.53 Å². The van der Waals surface area contributed by atoms with Crippen LogP contribution in [0.1, 0.15) is 15.9 Å². The molecule has 0 bridgehead atoms. The van der Waals surface area contributed by atoms with Crippen molar-refractivity contribution in [3.05, 3.63) is 53.9 Å². The molecule has 1 amide bonds. The molecule has 5 nitrogen and oxygen atoms in total. The standard InChI is InChI=1S/C14H15N3O2/c1-19-12-6-2-5-11(15)13(12)14(18)17-9-10-4-3-7-16-8-10/h2-8H,9,15H2,1H3,(H,17,18). The predicted octanol–water partition coefficient (Wildman–Crippen LogP) is 1.60. The zero-order chi connectivity index (χ0) is 13.7. The maximum atomic E-state index is 12.1. The van der Waals surface area contributed by atoms with Gasteiger partial charge in [-0.15, -0.1) is 0 Å². The van der Waals surface area contributed by atoms with Crippen LogP contribution in [0.25, 0.3) is 0 Å². The van der Waals surface area contributed by atoms with E-state index in [1.54, 1.807) is 30.6 Å². The fraction of sp³-hybridized carbons (Fsp3) is 0.143. The summed E-state index contributed by atoms with van der Waals surface area (Å²) in [7, 11) is 1.51. The Morgan fingerprint density at radius 2 is 2.21 bits per heavy atom. The quantitative estimate of drug-likeness (QED) is 0.816. The van der Waals surface area contributed by atoms with Gasteiger partial charge in [-0.1, -0.05) is 12.1 Å². The predicted molar refractivity (Wildman–Crippen MR) is 72.8 cm³/mol. The number of ether oxygens (including phenoxy) is 1. The minimum absolute atomic E-state index is 0.265. The molecule has 2 rings (SSSR count). The number of nitrogens with one attached hydrogen (secondary N) is 1. The van der Waals surface area contributed by atoms with Crippen LogP contribution >= 0.6 is 0 Å². The lowest BCUT2D eigenvalue weighted by Crippen LogP contribution is -2.24. The smallest absolute Gasteiger partial charge is 0.257 e. The average Bonchev–Trinajstić information content (AvgIpc) is 2.45. The summed E-state index contributed by atoms with van der Waals surface area (Å²) in [6.07, 6.45) is 3.38. The van der Waals surface area contributed by atoms with Gasteiger partial charge >= 0.3 is 0 Å². The first kappa shape index (κ1) is 12.9. The van der Waals surface area contributed by atoms with Crippen LogP contribution in [0.4, 0.5) is 5.69 Å². The van der Waals surface area contributed by atoms with Crippen molar-refractivity contribution in [2.45, 2.75) is 6.54 Å². The van der Waals surface area contributed by atoms with E-state index in [0.717, 1.165) is 5.56 Å². The third-order valence-electron chi connectivity index (χ3n) is 2.68. The number of aromatic nitrogens is 1. The number of hydrogen-bond acceptors (Lipinski definition) is 4. The van der Waals surface area contributed by atoms with Crippen molar-refractivity contribution in [3.8, 4) is 5.75 Å². The molecule has 5 heteroatoms. The second-order valence-corrected chi connectivity index (χ2v) is 3.97. The van der Waals surface area contributed by atoms with E-state index in [1.165, 1.54) is 7.11 Å². The number of rotatable bonds is 4. The lowest BCUT2D eigenvalue weighted by Gasteiger charge is -2.11. The molecule has 0 aliphatic carbocycles. The molecule has 1 aromatic carbocycles. The van der Waals surface area contributed by atoms with E-state index in [2.05, 4.69) is 10.3 Å². The van der Waals surface area contributed by atoms with Crippen LogP contribution in [0, 0.1) is 0 Å². The number of carbonyl (C=O) groups excluding carboxylic acids is 1. The monoisotopic (exact) mass is 257 g/mol. The molecule has 98 valence electrons. The number of nitrogen functional groups attached to an aromatic ring is 1. The topological polar surface area (TPSA) is 77.2 Å². The third-order valence-corrected chi connectivity index (χ3v) is 2.68. The minimum atomic E-state index is -0.265. The second-order valence-electron chi connectivity index (χ2n) is 3.97. The van der Waals surface area contributed by atoms with Crippen LogP contribution < -0.4 is 15.8 Å². The third kappa shape index (κ3) is 3.01. The molecule has 0 aliphatic rings. The maximum Gasteiger partial charge on any atom is 0.257 e. The highest BCUT2D eigenvalue weighted by atomic mass is 16.5. The summed E-state index contributed by atoms with van der Waals surface area (Å²) >= 11 is 0. The van der Waals surface area contributed by atoms with E-state index in [4.69, 9.17) is 10.5 Å². The number of nitrogens with zero attached hydrogens (tertiary/aromatic N) is 1. The fourth-order valence-electron chi connectivity index (χ4n) is 1.73. The molecular formula is C14H15N3O2. The molecular weight excluding hydrogens is 242 g/mol. The molecule has 3 N–H and O–H groups in total. The summed E-state index contributed by atoms with van der Waals surface area (Å²) in [4.78, 5) is 16.1. The highest BCUT2D eigenvalue weighted by molar-refractivity contribution is 6.01. The van der Waals surface area contributed by atoms with Gasteiger partial charge in [0.1, 0.15) is 11.3 Å². The average molecular weight is 257 g/mol. The molecule has 0 aliphatic heterocycles. The number of hydrogen-bond donors (Lipinski definition) is 2. The van der Waals surface area contributed by atoms with E-state index >= 15 is 0 Å². The summed E-state index contributed by atoms with van der Waals surface area (Å²) in [5, 5.41) is 2.79. The van der Waals surface area contributed by atoms with Crippen molar-refractivity contribution in [2.24, 2.45) is 0 Å². The molecule has 0 radical (unpaired) electrons. The van der Waals surface area contributed by atoms with Crippen LogP contribution in [0.2, 0.25) is 0 Å². The summed E-state index contributed by atoms with van der Waals surface area (Å²) in [5.41, 5.74) is 7.48. The highest BCUT2D eigenvalue weighted by Crippen LogP contribution is 2.23. The number of amides is 1. The number of carbonyl (C=O) groups is 1. The Morgan fingerprint density at radius 3 is 2.89 bits per heavy atom.